The molecule has 0 bridgehead atoms. The lowest BCUT2D eigenvalue weighted by Gasteiger charge is -2.16. The van der Waals surface area contributed by atoms with E-state index in [-0.39, 0.29) is 11.7 Å². The summed E-state index contributed by atoms with van der Waals surface area (Å²) in [5.41, 5.74) is 7.71. The number of pyridine rings is 2. The third-order valence-corrected chi connectivity index (χ3v) is 5.95. The second-order valence-corrected chi connectivity index (χ2v) is 8.12. The van der Waals surface area contributed by atoms with Crippen molar-refractivity contribution in [2.45, 2.75) is 12.8 Å². The van der Waals surface area contributed by atoms with Crippen LogP contribution >= 0.6 is 0 Å². The van der Waals surface area contributed by atoms with Gasteiger partial charge in [-0.05, 0) is 53.6 Å². The predicted octanol–water partition coefficient (Wildman–Crippen LogP) is 7.34. The molecule has 1 atom stereocenters. The summed E-state index contributed by atoms with van der Waals surface area (Å²) in [7, 11) is 0. The number of nitrogens with zero attached hydrogens (tertiary/aromatic N) is 2. The highest BCUT2D eigenvalue weighted by Gasteiger charge is 2.15. The van der Waals surface area contributed by atoms with Crippen LogP contribution in [0, 0.1) is 0 Å². The van der Waals surface area contributed by atoms with Crippen molar-refractivity contribution in [2.24, 2.45) is 0 Å². The Labute approximate surface area is 194 Å². The molecule has 160 valence electrons. The van der Waals surface area contributed by atoms with Crippen molar-refractivity contribution in [3.63, 3.8) is 0 Å². The quantitative estimate of drug-likeness (QED) is 0.319. The van der Waals surface area contributed by atoms with Gasteiger partial charge in [-0.15, -0.1) is 0 Å². The molecule has 0 aliphatic rings. The zero-order chi connectivity index (χ0) is 22.6. The van der Waals surface area contributed by atoms with Gasteiger partial charge in [0.05, 0.1) is 17.1 Å². The first-order valence-electron chi connectivity index (χ1n) is 11.1. The minimum absolute atomic E-state index is 0.177. The van der Waals surface area contributed by atoms with E-state index in [0.717, 1.165) is 39.3 Å². The van der Waals surface area contributed by atoms with E-state index in [1.807, 2.05) is 48.5 Å². The Morgan fingerprint density at radius 2 is 1.30 bits per heavy atom. The summed E-state index contributed by atoms with van der Waals surface area (Å²) in [4.78, 5) is 9.46. The van der Waals surface area contributed by atoms with Crippen LogP contribution in [0.3, 0.4) is 0 Å². The molecule has 1 unspecified atom stereocenters. The number of hydrogen-bond donors (Lipinski definition) is 1. The predicted molar refractivity (Wildman–Crippen MR) is 134 cm³/mol. The first-order chi connectivity index (χ1) is 16.2. The number of hydrogen-bond acceptors (Lipinski definition) is 3. The molecule has 5 rings (SSSR count). The average molecular weight is 429 g/mol. The number of aromatic hydroxyl groups is 1. The van der Waals surface area contributed by atoms with Gasteiger partial charge in [-0.3, -0.25) is 4.98 Å². The van der Waals surface area contributed by atoms with Crippen LogP contribution in [0.1, 0.15) is 24.0 Å². The summed E-state index contributed by atoms with van der Waals surface area (Å²) in [5.74, 6) is 0.402. The van der Waals surface area contributed by atoms with E-state index in [2.05, 4.69) is 66.5 Å². The molecule has 0 fully saturated rings. The van der Waals surface area contributed by atoms with E-state index in [9.17, 15) is 5.11 Å². The molecule has 0 radical (unpaired) electrons. The molecule has 0 aliphatic carbocycles. The number of rotatable bonds is 5. The fourth-order valence-corrected chi connectivity index (χ4v) is 4.08. The number of phenols is 1. The van der Waals surface area contributed by atoms with Crippen LogP contribution in [0.2, 0.25) is 0 Å². The zero-order valence-corrected chi connectivity index (χ0v) is 18.4. The van der Waals surface area contributed by atoms with Gasteiger partial charge in [0.15, 0.2) is 0 Å². The van der Waals surface area contributed by atoms with Crippen molar-refractivity contribution < 1.29 is 5.11 Å². The normalized spacial score (nSPS) is 11.8. The lowest BCUT2D eigenvalue weighted by molar-refractivity contribution is 0.477. The highest BCUT2D eigenvalue weighted by atomic mass is 16.3. The lowest BCUT2D eigenvalue weighted by atomic mass is 9.91. The summed E-state index contributed by atoms with van der Waals surface area (Å²) in [5, 5.41) is 10.5. The Balaban J connectivity index is 1.66. The van der Waals surface area contributed by atoms with Crippen LogP contribution in [0.5, 0.6) is 5.75 Å². The molecule has 3 nitrogen and oxygen atoms in total. The van der Waals surface area contributed by atoms with Gasteiger partial charge in [0, 0.05) is 28.8 Å². The van der Waals surface area contributed by atoms with Crippen LogP contribution in [0.4, 0.5) is 0 Å². The minimum Gasteiger partial charge on any atom is -0.507 e. The van der Waals surface area contributed by atoms with Gasteiger partial charge >= 0.3 is 0 Å². The molecule has 3 heteroatoms. The van der Waals surface area contributed by atoms with Crippen molar-refractivity contribution in [1.29, 1.82) is 0 Å². The van der Waals surface area contributed by atoms with Crippen LogP contribution in [-0.4, -0.2) is 15.1 Å². The second kappa shape index (κ2) is 9.09. The summed E-state index contributed by atoms with van der Waals surface area (Å²) in [6.45, 7) is 2.20. The van der Waals surface area contributed by atoms with Crippen LogP contribution < -0.4 is 0 Å². The summed E-state index contributed by atoms with van der Waals surface area (Å²) >= 11 is 0. The topological polar surface area (TPSA) is 46.0 Å². The van der Waals surface area contributed by atoms with Crippen molar-refractivity contribution in [3.8, 4) is 39.5 Å². The van der Waals surface area contributed by atoms with E-state index in [1.165, 1.54) is 5.56 Å². The molecule has 2 aromatic heterocycles. The second-order valence-electron chi connectivity index (χ2n) is 8.12. The third-order valence-electron chi connectivity index (χ3n) is 5.95. The standard InChI is InChI=1S/C30H24N2O/c1-21(22-10-3-2-4-11-22)25-19-28(32-29(20-25)26-14-5-6-16-30(26)33)24-13-9-12-23(18-24)27-15-7-8-17-31-27/h2-21,33H,1H3. The molecule has 33 heavy (non-hydrogen) atoms. The molecule has 2 heterocycles. The Morgan fingerprint density at radius 3 is 2.06 bits per heavy atom. The highest BCUT2D eigenvalue weighted by molar-refractivity contribution is 5.74. The number of phenolic OH excluding ortho intramolecular Hbond substituents is 1. The van der Waals surface area contributed by atoms with Gasteiger partial charge in [-0.1, -0.05) is 73.7 Å². The number of benzene rings is 3. The fraction of sp³-hybridized carbons (Fsp3) is 0.0667. The number of aromatic nitrogens is 2. The molecule has 0 amide bonds. The van der Waals surface area contributed by atoms with Crippen LogP contribution in [-0.2, 0) is 0 Å². The molecule has 0 aliphatic heterocycles. The first-order valence-corrected chi connectivity index (χ1v) is 11.1. The van der Waals surface area contributed by atoms with E-state index < -0.39 is 0 Å². The Hall–Kier alpha value is -4.24. The van der Waals surface area contributed by atoms with Gasteiger partial charge in [0.25, 0.3) is 0 Å². The van der Waals surface area contributed by atoms with Crippen molar-refractivity contribution in [3.05, 3.63) is 127 Å². The van der Waals surface area contributed by atoms with E-state index in [4.69, 9.17) is 4.98 Å². The first kappa shape index (κ1) is 20.7. The Kier molecular flexibility index (Phi) is 5.69. The van der Waals surface area contributed by atoms with Crippen molar-refractivity contribution in [1.82, 2.24) is 9.97 Å². The van der Waals surface area contributed by atoms with E-state index in [0.29, 0.717) is 0 Å². The maximum Gasteiger partial charge on any atom is 0.124 e. The van der Waals surface area contributed by atoms with Crippen molar-refractivity contribution in [2.75, 3.05) is 0 Å². The molecule has 3 aromatic carbocycles. The highest BCUT2D eigenvalue weighted by Crippen LogP contribution is 2.35. The SMILES string of the molecule is CC(c1ccccc1)c1cc(-c2cccc(-c3ccccn3)c2)nc(-c2ccccc2O)c1. The van der Waals surface area contributed by atoms with Gasteiger partial charge < -0.3 is 5.11 Å². The van der Waals surface area contributed by atoms with Crippen LogP contribution in [0.25, 0.3) is 33.8 Å². The van der Waals surface area contributed by atoms with E-state index >= 15 is 0 Å². The average Bonchev–Trinajstić information content (AvgIpc) is 2.89. The monoisotopic (exact) mass is 428 g/mol. The minimum atomic E-state index is 0.177. The smallest absolute Gasteiger partial charge is 0.124 e. The molecule has 0 saturated heterocycles. The third kappa shape index (κ3) is 4.39. The summed E-state index contributed by atoms with van der Waals surface area (Å²) in [6.07, 6.45) is 1.80. The maximum atomic E-state index is 10.5. The molecule has 1 N–H and O–H groups in total. The van der Waals surface area contributed by atoms with E-state index in [1.54, 1.807) is 12.3 Å². The molecule has 5 aromatic rings. The largest absolute Gasteiger partial charge is 0.507 e. The van der Waals surface area contributed by atoms with Gasteiger partial charge in [-0.25, -0.2) is 4.98 Å². The van der Waals surface area contributed by atoms with Gasteiger partial charge in [0.2, 0.25) is 0 Å². The molecular formula is C30H24N2O. The number of para-hydroxylation sites is 1. The fourth-order valence-electron chi connectivity index (χ4n) is 4.08. The van der Waals surface area contributed by atoms with Gasteiger partial charge in [-0.2, -0.15) is 0 Å². The van der Waals surface area contributed by atoms with Gasteiger partial charge in [0.1, 0.15) is 5.75 Å². The summed E-state index contributed by atoms with van der Waals surface area (Å²) in [6, 6.07) is 36.2. The van der Waals surface area contributed by atoms with Crippen LogP contribution in [0.15, 0.2) is 115 Å². The lowest BCUT2D eigenvalue weighted by Crippen LogP contribution is -1.99. The zero-order valence-electron chi connectivity index (χ0n) is 18.4. The summed E-state index contributed by atoms with van der Waals surface area (Å²) < 4.78 is 0. The molecular weight excluding hydrogens is 404 g/mol. The molecule has 0 spiro atoms. The Morgan fingerprint density at radius 1 is 0.606 bits per heavy atom. The maximum absolute atomic E-state index is 10.5. The molecule has 0 saturated carbocycles. The Bertz CT molecular complexity index is 1380. The van der Waals surface area contributed by atoms with Crippen molar-refractivity contribution >= 4 is 0 Å².